The Bertz CT molecular complexity index is 650. The van der Waals surface area contributed by atoms with Crippen LogP contribution in [0.4, 0.5) is 0 Å². The standard InChI is InChI=1S/C17H16O3S/c1-3-15(19)13-9-10-17(16(11-13)20-12(2)18)21-14-7-5-4-6-8-14/h4-11H,3H2,1-2H3. The van der Waals surface area contributed by atoms with Crippen molar-refractivity contribution in [2.45, 2.75) is 30.1 Å². The molecule has 0 aliphatic heterocycles. The van der Waals surface area contributed by atoms with Crippen LogP contribution in [0.2, 0.25) is 0 Å². The zero-order valence-electron chi connectivity index (χ0n) is 12.0. The average molecular weight is 300 g/mol. The van der Waals surface area contributed by atoms with E-state index >= 15 is 0 Å². The van der Waals surface area contributed by atoms with Crippen LogP contribution < -0.4 is 4.74 Å². The lowest BCUT2D eigenvalue weighted by Gasteiger charge is -2.10. The lowest BCUT2D eigenvalue weighted by molar-refractivity contribution is -0.132. The van der Waals surface area contributed by atoms with Gasteiger partial charge in [-0.1, -0.05) is 43.0 Å². The average Bonchev–Trinajstić information content (AvgIpc) is 2.48. The topological polar surface area (TPSA) is 43.4 Å². The normalized spacial score (nSPS) is 10.2. The lowest BCUT2D eigenvalue weighted by Crippen LogP contribution is -2.04. The third-order valence-corrected chi connectivity index (χ3v) is 3.88. The number of benzene rings is 2. The van der Waals surface area contributed by atoms with Gasteiger partial charge in [-0.25, -0.2) is 0 Å². The Kier molecular flexibility index (Phi) is 5.17. The number of hydrogen-bond donors (Lipinski definition) is 0. The highest BCUT2D eigenvalue weighted by atomic mass is 32.2. The SMILES string of the molecule is CCC(=O)c1ccc(Sc2ccccc2)c(OC(C)=O)c1. The fourth-order valence-corrected chi connectivity index (χ4v) is 2.70. The number of Topliss-reactive ketones (excluding diaryl/α,β-unsaturated/α-hetero) is 1. The van der Waals surface area contributed by atoms with Crippen LogP contribution in [0.15, 0.2) is 58.3 Å². The van der Waals surface area contributed by atoms with Crippen molar-refractivity contribution in [3.63, 3.8) is 0 Å². The summed E-state index contributed by atoms with van der Waals surface area (Å²) in [5.74, 6) is 0.0568. The van der Waals surface area contributed by atoms with Gasteiger partial charge in [0, 0.05) is 23.8 Å². The molecule has 0 saturated heterocycles. The first-order valence-electron chi connectivity index (χ1n) is 6.68. The molecule has 0 aliphatic carbocycles. The van der Waals surface area contributed by atoms with Gasteiger partial charge in [-0.15, -0.1) is 0 Å². The van der Waals surface area contributed by atoms with Crippen LogP contribution in [-0.4, -0.2) is 11.8 Å². The van der Waals surface area contributed by atoms with Crippen LogP contribution in [-0.2, 0) is 4.79 Å². The predicted molar refractivity (Wildman–Crippen MR) is 82.9 cm³/mol. The monoisotopic (exact) mass is 300 g/mol. The smallest absolute Gasteiger partial charge is 0.308 e. The Morgan fingerprint density at radius 3 is 2.43 bits per heavy atom. The van der Waals surface area contributed by atoms with Gasteiger partial charge in [0.05, 0.1) is 4.90 Å². The van der Waals surface area contributed by atoms with Gasteiger partial charge in [-0.05, 0) is 24.3 Å². The van der Waals surface area contributed by atoms with Crippen molar-refractivity contribution in [2.75, 3.05) is 0 Å². The van der Waals surface area contributed by atoms with Crippen molar-refractivity contribution in [3.05, 3.63) is 54.1 Å². The van der Waals surface area contributed by atoms with E-state index in [4.69, 9.17) is 4.74 Å². The van der Waals surface area contributed by atoms with Gasteiger partial charge in [0.25, 0.3) is 0 Å². The Balaban J connectivity index is 2.35. The fraction of sp³-hybridized carbons (Fsp3) is 0.176. The molecule has 3 nitrogen and oxygen atoms in total. The molecular weight excluding hydrogens is 284 g/mol. The maximum Gasteiger partial charge on any atom is 0.308 e. The maximum atomic E-state index is 11.8. The van der Waals surface area contributed by atoms with Crippen LogP contribution in [0.3, 0.4) is 0 Å². The molecule has 0 bridgehead atoms. The van der Waals surface area contributed by atoms with E-state index in [9.17, 15) is 9.59 Å². The summed E-state index contributed by atoms with van der Waals surface area (Å²) >= 11 is 1.50. The van der Waals surface area contributed by atoms with E-state index in [0.717, 1.165) is 9.79 Å². The summed E-state index contributed by atoms with van der Waals surface area (Å²) in [4.78, 5) is 24.9. The second-order valence-electron chi connectivity index (χ2n) is 4.45. The minimum Gasteiger partial charge on any atom is -0.425 e. The molecule has 0 spiro atoms. The summed E-state index contributed by atoms with van der Waals surface area (Å²) in [5.41, 5.74) is 0.561. The molecule has 2 rings (SSSR count). The molecule has 2 aromatic carbocycles. The van der Waals surface area contributed by atoms with Gasteiger partial charge in [0.2, 0.25) is 0 Å². The van der Waals surface area contributed by atoms with Crippen molar-refractivity contribution in [1.82, 2.24) is 0 Å². The summed E-state index contributed by atoms with van der Waals surface area (Å²) in [6.07, 6.45) is 0.421. The molecule has 0 unspecified atom stereocenters. The Labute approximate surface area is 128 Å². The molecule has 2 aromatic rings. The third kappa shape index (κ3) is 4.20. The van der Waals surface area contributed by atoms with E-state index < -0.39 is 5.97 Å². The van der Waals surface area contributed by atoms with Crippen LogP contribution >= 0.6 is 11.8 Å². The van der Waals surface area contributed by atoms with Gasteiger partial charge in [0.15, 0.2) is 5.78 Å². The highest BCUT2D eigenvalue weighted by molar-refractivity contribution is 7.99. The summed E-state index contributed by atoms with van der Waals surface area (Å²) in [7, 11) is 0. The summed E-state index contributed by atoms with van der Waals surface area (Å²) in [5, 5.41) is 0. The first-order chi connectivity index (χ1) is 10.1. The molecule has 0 fully saturated rings. The van der Waals surface area contributed by atoms with E-state index in [0.29, 0.717) is 17.7 Å². The number of esters is 1. The molecule has 0 radical (unpaired) electrons. The Morgan fingerprint density at radius 1 is 1.10 bits per heavy atom. The molecule has 0 aliphatic rings. The molecule has 108 valence electrons. The third-order valence-electron chi connectivity index (χ3n) is 2.81. The first kappa shape index (κ1) is 15.3. The van der Waals surface area contributed by atoms with E-state index in [1.165, 1.54) is 18.7 Å². The van der Waals surface area contributed by atoms with Gasteiger partial charge in [0.1, 0.15) is 5.75 Å². The number of carbonyl (C=O) groups excluding carboxylic acids is 2. The molecule has 21 heavy (non-hydrogen) atoms. The van der Waals surface area contributed by atoms with Crippen molar-refractivity contribution in [2.24, 2.45) is 0 Å². The molecule has 4 heteroatoms. The number of hydrogen-bond acceptors (Lipinski definition) is 4. The number of carbonyl (C=O) groups is 2. The van der Waals surface area contributed by atoms with Crippen LogP contribution in [0.25, 0.3) is 0 Å². The number of ketones is 1. The molecule has 0 aromatic heterocycles. The number of rotatable bonds is 5. The molecular formula is C17H16O3S. The van der Waals surface area contributed by atoms with E-state index in [2.05, 4.69) is 0 Å². The zero-order chi connectivity index (χ0) is 15.2. The quantitative estimate of drug-likeness (QED) is 0.467. The Hall–Kier alpha value is -2.07. The lowest BCUT2D eigenvalue weighted by atomic mass is 10.1. The molecule has 0 N–H and O–H groups in total. The van der Waals surface area contributed by atoms with Gasteiger partial charge >= 0.3 is 5.97 Å². The highest BCUT2D eigenvalue weighted by Crippen LogP contribution is 2.35. The fourth-order valence-electron chi connectivity index (χ4n) is 1.82. The summed E-state index contributed by atoms with van der Waals surface area (Å²) in [6.45, 7) is 3.16. The summed E-state index contributed by atoms with van der Waals surface area (Å²) in [6, 6.07) is 15.0. The van der Waals surface area contributed by atoms with Gasteiger partial charge < -0.3 is 4.74 Å². The van der Waals surface area contributed by atoms with Gasteiger partial charge in [-0.2, -0.15) is 0 Å². The minimum absolute atomic E-state index is 0.0275. The zero-order valence-corrected chi connectivity index (χ0v) is 12.8. The number of ether oxygens (including phenoxy) is 1. The molecule has 0 heterocycles. The predicted octanol–water partition coefficient (Wildman–Crippen LogP) is 4.36. The van der Waals surface area contributed by atoms with E-state index in [1.807, 2.05) is 36.4 Å². The second kappa shape index (κ2) is 7.09. The highest BCUT2D eigenvalue weighted by Gasteiger charge is 2.12. The second-order valence-corrected chi connectivity index (χ2v) is 5.56. The van der Waals surface area contributed by atoms with Crippen LogP contribution in [0.1, 0.15) is 30.6 Å². The van der Waals surface area contributed by atoms with Crippen LogP contribution in [0.5, 0.6) is 5.75 Å². The Morgan fingerprint density at radius 2 is 1.81 bits per heavy atom. The minimum atomic E-state index is -0.397. The van der Waals surface area contributed by atoms with E-state index in [1.54, 1.807) is 19.1 Å². The van der Waals surface area contributed by atoms with Crippen LogP contribution in [0, 0.1) is 0 Å². The van der Waals surface area contributed by atoms with Gasteiger partial charge in [-0.3, -0.25) is 9.59 Å². The maximum absolute atomic E-state index is 11.8. The van der Waals surface area contributed by atoms with Crippen molar-refractivity contribution in [3.8, 4) is 5.75 Å². The molecule has 0 atom stereocenters. The van der Waals surface area contributed by atoms with E-state index in [-0.39, 0.29) is 5.78 Å². The molecule has 0 saturated carbocycles. The van der Waals surface area contributed by atoms with Crippen molar-refractivity contribution >= 4 is 23.5 Å². The molecule has 0 amide bonds. The van der Waals surface area contributed by atoms with Crippen molar-refractivity contribution < 1.29 is 14.3 Å². The summed E-state index contributed by atoms with van der Waals surface area (Å²) < 4.78 is 5.24. The first-order valence-corrected chi connectivity index (χ1v) is 7.50. The largest absolute Gasteiger partial charge is 0.425 e. The van der Waals surface area contributed by atoms with Crippen molar-refractivity contribution in [1.29, 1.82) is 0 Å².